The SMILES string of the molecule is C=O.CN.Cc1cncc(-c2ccc(=O)n(C3CCC(C)(c4cccc(Cl)c4)CC3)n2)c1. The lowest BCUT2D eigenvalue weighted by Crippen LogP contribution is -2.34. The van der Waals surface area contributed by atoms with Crippen molar-refractivity contribution < 1.29 is 4.79 Å². The lowest BCUT2D eigenvalue weighted by molar-refractivity contribution is -0.0979. The number of rotatable bonds is 3. The fourth-order valence-corrected chi connectivity index (χ4v) is 4.36. The monoisotopic (exact) mass is 454 g/mol. The number of halogens is 1. The minimum atomic E-state index is -0.0410. The van der Waals surface area contributed by atoms with Gasteiger partial charge in [0.05, 0.1) is 11.7 Å². The number of hydrogen-bond acceptors (Lipinski definition) is 5. The van der Waals surface area contributed by atoms with Crippen LogP contribution in [0.4, 0.5) is 0 Å². The highest BCUT2D eigenvalue weighted by molar-refractivity contribution is 6.30. The lowest BCUT2D eigenvalue weighted by Gasteiger charge is -2.38. The van der Waals surface area contributed by atoms with E-state index < -0.39 is 0 Å². The zero-order valence-corrected chi connectivity index (χ0v) is 19.7. The minimum Gasteiger partial charge on any atom is -0.333 e. The largest absolute Gasteiger partial charge is 0.333 e. The first kappa shape index (κ1) is 25.4. The van der Waals surface area contributed by atoms with Crippen molar-refractivity contribution in [1.82, 2.24) is 14.8 Å². The maximum absolute atomic E-state index is 12.5. The first-order chi connectivity index (χ1) is 15.4. The molecule has 0 radical (unpaired) electrons. The van der Waals surface area contributed by atoms with Gasteiger partial charge < -0.3 is 10.5 Å². The normalized spacial score (nSPS) is 19.7. The molecular weight excluding hydrogens is 424 g/mol. The number of aromatic nitrogens is 3. The fourth-order valence-electron chi connectivity index (χ4n) is 4.17. The fraction of sp³-hybridized carbons (Fsp3) is 0.360. The van der Waals surface area contributed by atoms with Gasteiger partial charge in [-0.3, -0.25) is 9.78 Å². The van der Waals surface area contributed by atoms with E-state index in [-0.39, 0.29) is 17.0 Å². The van der Waals surface area contributed by atoms with E-state index in [1.165, 1.54) is 12.6 Å². The molecule has 1 aliphatic carbocycles. The van der Waals surface area contributed by atoms with Crippen LogP contribution in [-0.4, -0.2) is 28.6 Å². The van der Waals surface area contributed by atoms with Crippen molar-refractivity contribution in [3.05, 3.63) is 81.4 Å². The molecule has 0 bridgehead atoms. The molecule has 32 heavy (non-hydrogen) atoms. The Bertz CT molecular complexity index is 1080. The van der Waals surface area contributed by atoms with Crippen LogP contribution in [0.3, 0.4) is 0 Å². The average molecular weight is 455 g/mol. The topological polar surface area (TPSA) is 90.9 Å². The van der Waals surface area contributed by atoms with Gasteiger partial charge in [0.15, 0.2) is 0 Å². The van der Waals surface area contributed by atoms with Crippen LogP contribution in [0.2, 0.25) is 5.02 Å². The van der Waals surface area contributed by atoms with Crippen molar-refractivity contribution in [3.63, 3.8) is 0 Å². The highest BCUT2D eigenvalue weighted by Crippen LogP contribution is 2.43. The van der Waals surface area contributed by atoms with Crippen molar-refractivity contribution in [2.45, 2.75) is 51.0 Å². The lowest BCUT2D eigenvalue weighted by atomic mass is 9.69. The van der Waals surface area contributed by atoms with Crippen LogP contribution < -0.4 is 11.3 Å². The maximum Gasteiger partial charge on any atom is 0.267 e. The maximum atomic E-state index is 12.5. The summed E-state index contributed by atoms with van der Waals surface area (Å²) in [5, 5.41) is 5.46. The zero-order valence-electron chi connectivity index (χ0n) is 18.9. The van der Waals surface area contributed by atoms with Gasteiger partial charge >= 0.3 is 0 Å². The number of nitrogens with two attached hydrogens (primary N) is 1. The van der Waals surface area contributed by atoms with Gasteiger partial charge in [-0.2, -0.15) is 5.10 Å². The molecule has 2 aromatic heterocycles. The van der Waals surface area contributed by atoms with Crippen LogP contribution >= 0.6 is 11.6 Å². The van der Waals surface area contributed by atoms with Gasteiger partial charge in [0.2, 0.25) is 0 Å². The van der Waals surface area contributed by atoms with Gasteiger partial charge in [-0.15, -0.1) is 0 Å². The van der Waals surface area contributed by atoms with Gasteiger partial charge in [-0.25, -0.2) is 4.68 Å². The van der Waals surface area contributed by atoms with E-state index in [1.807, 2.05) is 38.1 Å². The Morgan fingerprint density at radius 3 is 2.41 bits per heavy atom. The number of aryl methyl sites for hydroxylation is 1. The van der Waals surface area contributed by atoms with E-state index in [0.29, 0.717) is 0 Å². The summed E-state index contributed by atoms with van der Waals surface area (Å²) in [5.41, 5.74) is 8.63. The summed E-state index contributed by atoms with van der Waals surface area (Å²) in [7, 11) is 1.50. The number of nitrogens with zero attached hydrogens (tertiary/aromatic N) is 3. The van der Waals surface area contributed by atoms with Crippen LogP contribution in [0.25, 0.3) is 11.3 Å². The predicted octanol–water partition coefficient (Wildman–Crippen LogP) is 4.73. The zero-order chi connectivity index (χ0) is 23.7. The molecule has 1 saturated carbocycles. The van der Waals surface area contributed by atoms with Crippen molar-refractivity contribution in [3.8, 4) is 11.3 Å². The van der Waals surface area contributed by atoms with E-state index in [4.69, 9.17) is 16.4 Å². The number of carbonyl (C=O) groups is 1. The summed E-state index contributed by atoms with van der Waals surface area (Å²) in [6.07, 6.45) is 7.46. The molecule has 0 amide bonds. The van der Waals surface area contributed by atoms with Gasteiger partial charge in [0.1, 0.15) is 6.79 Å². The van der Waals surface area contributed by atoms with Gasteiger partial charge in [0.25, 0.3) is 5.56 Å². The van der Waals surface area contributed by atoms with Crippen LogP contribution in [0.15, 0.2) is 59.7 Å². The van der Waals surface area contributed by atoms with E-state index in [2.05, 4.69) is 34.9 Å². The quantitative estimate of drug-likeness (QED) is 0.617. The second kappa shape index (κ2) is 11.7. The number of benzene rings is 1. The predicted molar refractivity (Wildman–Crippen MR) is 130 cm³/mol. The Labute approximate surface area is 194 Å². The molecule has 170 valence electrons. The Balaban J connectivity index is 0.000000860. The third-order valence-electron chi connectivity index (χ3n) is 5.92. The molecule has 1 aliphatic rings. The Morgan fingerprint density at radius 2 is 1.78 bits per heavy atom. The molecule has 0 spiro atoms. The smallest absolute Gasteiger partial charge is 0.267 e. The van der Waals surface area contributed by atoms with Gasteiger partial charge in [-0.05, 0) is 80.5 Å². The molecular formula is C25H31ClN4O2. The molecule has 3 aromatic rings. The average Bonchev–Trinajstić information content (AvgIpc) is 2.83. The highest BCUT2D eigenvalue weighted by atomic mass is 35.5. The van der Waals surface area contributed by atoms with Gasteiger partial charge in [0, 0.05) is 29.0 Å². The second-order valence-electron chi connectivity index (χ2n) is 8.05. The molecule has 6 nitrogen and oxygen atoms in total. The van der Waals surface area contributed by atoms with E-state index >= 15 is 0 Å². The second-order valence-corrected chi connectivity index (χ2v) is 8.49. The third kappa shape index (κ3) is 5.90. The number of hydrogen-bond donors (Lipinski definition) is 1. The molecule has 0 atom stereocenters. The van der Waals surface area contributed by atoms with Crippen LogP contribution in [0, 0.1) is 6.92 Å². The van der Waals surface area contributed by atoms with E-state index in [0.717, 1.165) is 47.5 Å². The molecule has 0 aliphatic heterocycles. The number of carbonyl (C=O) groups excluding carboxylic acids is 1. The third-order valence-corrected chi connectivity index (χ3v) is 6.16. The Hall–Kier alpha value is -2.83. The Kier molecular flexibility index (Phi) is 9.29. The first-order valence-electron chi connectivity index (χ1n) is 10.6. The van der Waals surface area contributed by atoms with Crippen LogP contribution in [0.5, 0.6) is 0 Å². The summed E-state index contributed by atoms with van der Waals surface area (Å²) in [6.45, 7) is 6.30. The molecule has 0 unspecified atom stereocenters. The Morgan fingerprint density at radius 1 is 1.09 bits per heavy atom. The molecule has 2 N–H and O–H groups in total. The summed E-state index contributed by atoms with van der Waals surface area (Å²) in [6, 6.07) is 13.7. The van der Waals surface area contributed by atoms with Crippen LogP contribution in [-0.2, 0) is 10.2 Å². The summed E-state index contributed by atoms with van der Waals surface area (Å²) < 4.78 is 1.68. The molecule has 7 heteroatoms. The van der Waals surface area contributed by atoms with Crippen LogP contribution in [0.1, 0.15) is 49.8 Å². The first-order valence-corrected chi connectivity index (χ1v) is 11.0. The van der Waals surface area contributed by atoms with Crippen molar-refractivity contribution in [2.75, 3.05) is 7.05 Å². The van der Waals surface area contributed by atoms with E-state index in [1.54, 1.807) is 23.0 Å². The highest BCUT2D eigenvalue weighted by Gasteiger charge is 2.34. The van der Waals surface area contributed by atoms with Crippen molar-refractivity contribution >= 4 is 18.4 Å². The van der Waals surface area contributed by atoms with Crippen molar-refractivity contribution in [1.29, 1.82) is 0 Å². The molecule has 4 rings (SSSR count). The summed E-state index contributed by atoms with van der Waals surface area (Å²) >= 11 is 6.20. The molecule has 1 fully saturated rings. The van der Waals surface area contributed by atoms with Gasteiger partial charge in [-0.1, -0.05) is 30.7 Å². The standard InChI is InChI=1S/C23H24ClN3O.CH5N.CH2O/c1-16-12-17(15-25-14-16)21-6-7-22(28)27(26-21)20-8-10-23(2,11-9-20)18-4-3-5-19(24)13-18;2*1-2/h3-7,12-15,20H,8-11H2,1-2H3;2H2,1H3;1H2. The van der Waals surface area contributed by atoms with E-state index in [9.17, 15) is 4.79 Å². The number of pyridine rings is 1. The molecule has 0 saturated heterocycles. The van der Waals surface area contributed by atoms with Crippen molar-refractivity contribution in [2.24, 2.45) is 5.73 Å². The molecule has 1 aromatic carbocycles. The minimum absolute atomic E-state index is 0.0410. The molecule has 2 heterocycles. The summed E-state index contributed by atoms with van der Waals surface area (Å²) in [5.74, 6) is 0. The summed E-state index contributed by atoms with van der Waals surface area (Å²) in [4.78, 5) is 24.8.